The number of halogens is 2. The summed E-state index contributed by atoms with van der Waals surface area (Å²) in [5.74, 6) is 0.176. The third kappa shape index (κ3) is 3.27. The Bertz CT molecular complexity index is 1010. The van der Waals surface area contributed by atoms with E-state index in [0.29, 0.717) is 5.65 Å². The molecule has 7 nitrogen and oxygen atoms in total. The van der Waals surface area contributed by atoms with E-state index in [0.717, 1.165) is 30.4 Å². The Morgan fingerprint density at radius 1 is 1.33 bits per heavy atom. The van der Waals surface area contributed by atoms with Crippen LogP contribution in [0.15, 0.2) is 42.6 Å². The first-order valence-corrected chi connectivity index (χ1v) is 8.48. The zero-order valence-corrected chi connectivity index (χ0v) is 14.1. The topological polar surface area (TPSA) is 81.7 Å². The third-order valence-electron chi connectivity index (χ3n) is 4.64. The van der Waals surface area contributed by atoms with Crippen LogP contribution < -0.4 is 10.1 Å². The highest BCUT2D eigenvalue weighted by Gasteiger charge is 2.27. The Kier molecular flexibility index (Phi) is 4.35. The molecule has 1 atom stereocenters. The molecule has 0 fully saturated rings. The van der Waals surface area contributed by atoms with Crippen molar-refractivity contribution in [2.24, 2.45) is 0 Å². The fraction of sp³-hybridized carbons (Fsp3) is 0.278. The van der Waals surface area contributed by atoms with Gasteiger partial charge in [-0.15, -0.1) is 0 Å². The molecule has 2 aromatic heterocycles. The second kappa shape index (κ2) is 6.82. The Morgan fingerprint density at radius 3 is 2.96 bits per heavy atom. The standard InChI is InChI=1S/C18H16F2N4O3/c19-18(20)27-12-7-8-13-11(10-12)4-3-5-14(13)21-16-17(24(25)26)23-9-2-1-6-15(23)22-16/h1-2,6-10,14,18,21H,3-5H2. The molecule has 140 valence electrons. The lowest BCUT2D eigenvalue weighted by Crippen LogP contribution is -2.18. The summed E-state index contributed by atoms with van der Waals surface area (Å²) >= 11 is 0. The van der Waals surface area contributed by atoms with Crippen LogP contribution >= 0.6 is 0 Å². The lowest BCUT2D eigenvalue weighted by atomic mass is 9.87. The summed E-state index contributed by atoms with van der Waals surface area (Å²) in [6, 6.07) is 9.78. The molecule has 0 amide bonds. The summed E-state index contributed by atoms with van der Waals surface area (Å²) in [6.07, 6.45) is 3.91. The zero-order chi connectivity index (χ0) is 19.0. The van der Waals surface area contributed by atoms with Gasteiger partial charge in [0.25, 0.3) is 0 Å². The van der Waals surface area contributed by atoms with Gasteiger partial charge in [0, 0.05) is 6.07 Å². The van der Waals surface area contributed by atoms with Gasteiger partial charge in [0.2, 0.25) is 11.5 Å². The summed E-state index contributed by atoms with van der Waals surface area (Å²) < 4.78 is 30.7. The minimum Gasteiger partial charge on any atom is -0.435 e. The minimum absolute atomic E-state index is 0.114. The van der Waals surface area contributed by atoms with Crippen molar-refractivity contribution in [1.29, 1.82) is 0 Å². The highest BCUT2D eigenvalue weighted by Crippen LogP contribution is 2.37. The lowest BCUT2D eigenvalue weighted by molar-refractivity contribution is -0.389. The molecular weight excluding hydrogens is 358 g/mol. The van der Waals surface area contributed by atoms with E-state index < -0.39 is 11.5 Å². The number of nitrogens with zero attached hydrogens (tertiary/aromatic N) is 3. The van der Waals surface area contributed by atoms with Crippen molar-refractivity contribution in [3.63, 3.8) is 0 Å². The Balaban J connectivity index is 1.68. The van der Waals surface area contributed by atoms with Gasteiger partial charge >= 0.3 is 12.4 Å². The van der Waals surface area contributed by atoms with E-state index in [1.54, 1.807) is 36.5 Å². The number of ether oxygens (including phenoxy) is 1. The average molecular weight is 374 g/mol. The van der Waals surface area contributed by atoms with Crippen LogP contribution in [0, 0.1) is 10.1 Å². The maximum atomic E-state index is 12.4. The second-order valence-corrected chi connectivity index (χ2v) is 6.30. The molecule has 3 aromatic rings. The number of benzene rings is 1. The first-order chi connectivity index (χ1) is 13.0. The van der Waals surface area contributed by atoms with E-state index in [2.05, 4.69) is 15.0 Å². The number of alkyl halides is 2. The molecule has 1 unspecified atom stereocenters. The number of rotatable bonds is 5. The van der Waals surface area contributed by atoms with Crippen molar-refractivity contribution in [1.82, 2.24) is 9.38 Å². The Hall–Kier alpha value is -3.23. The van der Waals surface area contributed by atoms with Gasteiger partial charge in [-0.3, -0.25) is 0 Å². The summed E-state index contributed by atoms with van der Waals surface area (Å²) in [7, 11) is 0. The van der Waals surface area contributed by atoms with Crippen molar-refractivity contribution in [3.8, 4) is 5.75 Å². The number of imidazole rings is 1. The number of aryl methyl sites for hydroxylation is 1. The van der Waals surface area contributed by atoms with Gasteiger partial charge in [-0.1, -0.05) is 12.1 Å². The van der Waals surface area contributed by atoms with Crippen molar-refractivity contribution in [2.75, 3.05) is 5.32 Å². The molecule has 0 saturated carbocycles. The molecule has 0 aliphatic heterocycles. The fourth-order valence-corrected chi connectivity index (χ4v) is 3.54. The Labute approximate surface area is 152 Å². The normalized spacial score (nSPS) is 16.3. The summed E-state index contributed by atoms with van der Waals surface area (Å²) in [4.78, 5) is 15.4. The van der Waals surface area contributed by atoms with E-state index in [1.165, 1.54) is 10.5 Å². The molecule has 27 heavy (non-hydrogen) atoms. The highest BCUT2D eigenvalue weighted by molar-refractivity contribution is 5.63. The molecule has 9 heteroatoms. The molecule has 0 spiro atoms. The maximum Gasteiger partial charge on any atom is 0.387 e. The first-order valence-electron chi connectivity index (χ1n) is 8.48. The van der Waals surface area contributed by atoms with Gasteiger partial charge in [-0.2, -0.15) is 18.2 Å². The molecule has 1 aliphatic carbocycles. The summed E-state index contributed by atoms with van der Waals surface area (Å²) in [5, 5.41) is 14.7. The fourth-order valence-electron chi connectivity index (χ4n) is 3.54. The number of fused-ring (bicyclic) bond motifs is 2. The number of nitro groups is 1. The number of nitrogens with one attached hydrogen (secondary N) is 1. The number of aromatic nitrogens is 2. The zero-order valence-electron chi connectivity index (χ0n) is 14.1. The first kappa shape index (κ1) is 17.2. The SMILES string of the molecule is O=[N+]([O-])c1c(NC2CCCc3cc(OC(F)F)ccc32)nc2ccccn12. The van der Waals surface area contributed by atoms with Crippen LogP contribution in [0.3, 0.4) is 0 Å². The van der Waals surface area contributed by atoms with Crippen LogP contribution in [0.1, 0.15) is 30.0 Å². The predicted molar refractivity (Wildman–Crippen MR) is 94.2 cm³/mol. The molecule has 0 saturated heterocycles. The molecule has 1 aromatic carbocycles. The minimum atomic E-state index is -2.87. The predicted octanol–water partition coefficient (Wildman–Crippen LogP) is 4.33. The van der Waals surface area contributed by atoms with Gasteiger partial charge in [-0.25, -0.2) is 0 Å². The van der Waals surface area contributed by atoms with E-state index in [1.807, 2.05) is 0 Å². The lowest BCUT2D eigenvalue weighted by Gasteiger charge is -2.26. The van der Waals surface area contributed by atoms with Gasteiger partial charge in [0.15, 0.2) is 0 Å². The molecule has 0 bridgehead atoms. The molecule has 0 radical (unpaired) electrons. The van der Waals surface area contributed by atoms with E-state index in [4.69, 9.17) is 0 Å². The molecule has 1 aliphatic rings. The van der Waals surface area contributed by atoms with Crippen molar-refractivity contribution >= 4 is 17.3 Å². The maximum absolute atomic E-state index is 12.4. The largest absolute Gasteiger partial charge is 0.435 e. The van der Waals surface area contributed by atoms with Gasteiger partial charge in [0.05, 0.1) is 12.2 Å². The molecule has 2 heterocycles. The number of anilines is 1. The Morgan fingerprint density at radius 2 is 2.19 bits per heavy atom. The molecule has 1 N–H and O–H groups in total. The smallest absolute Gasteiger partial charge is 0.387 e. The van der Waals surface area contributed by atoms with Crippen LogP contribution in [-0.2, 0) is 6.42 Å². The van der Waals surface area contributed by atoms with Gasteiger partial charge in [-0.05, 0) is 53.5 Å². The van der Waals surface area contributed by atoms with E-state index >= 15 is 0 Å². The van der Waals surface area contributed by atoms with Crippen molar-refractivity contribution in [2.45, 2.75) is 31.9 Å². The third-order valence-corrected chi connectivity index (χ3v) is 4.64. The van der Waals surface area contributed by atoms with Gasteiger partial charge in [0.1, 0.15) is 5.75 Å². The second-order valence-electron chi connectivity index (χ2n) is 6.30. The molecule has 4 rings (SSSR count). The summed E-state index contributed by atoms with van der Waals surface area (Å²) in [5.41, 5.74) is 2.28. The van der Waals surface area contributed by atoms with Crippen LogP contribution in [0.4, 0.5) is 20.4 Å². The van der Waals surface area contributed by atoms with Gasteiger partial charge < -0.3 is 20.2 Å². The van der Waals surface area contributed by atoms with Crippen LogP contribution in [0.25, 0.3) is 5.65 Å². The van der Waals surface area contributed by atoms with Crippen LogP contribution in [0.5, 0.6) is 5.75 Å². The highest BCUT2D eigenvalue weighted by atomic mass is 19.3. The van der Waals surface area contributed by atoms with E-state index in [-0.39, 0.29) is 23.4 Å². The number of pyridine rings is 1. The monoisotopic (exact) mass is 374 g/mol. The van der Waals surface area contributed by atoms with Crippen LogP contribution in [-0.4, -0.2) is 20.9 Å². The van der Waals surface area contributed by atoms with Crippen molar-refractivity contribution < 1.29 is 18.4 Å². The summed E-state index contributed by atoms with van der Waals surface area (Å²) in [6.45, 7) is -2.87. The van der Waals surface area contributed by atoms with Crippen molar-refractivity contribution in [3.05, 3.63) is 63.8 Å². The van der Waals surface area contributed by atoms with Crippen LogP contribution in [0.2, 0.25) is 0 Å². The molecular formula is C18H16F2N4O3. The quantitative estimate of drug-likeness (QED) is 0.531. The number of hydrogen-bond acceptors (Lipinski definition) is 5. The average Bonchev–Trinajstić information content (AvgIpc) is 2.99. The van der Waals surface area contributed by atoms with E-state index in [9.17, 15) is 18.9 Å². The number of hydrogen-bond donors (Lipinski definition) is 1.